The molecule has 2 N–H and O–H groups in total. The first kappa shape index (κ1) is 16.8. The van der Waals surface area contributed by atoms with Gasteiger partial charge in [-0.1, -0.05) is 44.2 Å². The van der Waals surface area contributed by atoms with Gasteiger partial charge >= 0.3 is 6.09 Å². The summed E-state index contributed by atoms with van der Waals surface area (Å²) < 4.78 is 5.30. The van der Waals surface area contributed by atoms with Gasteiger partial charge in [-0.05, 0) is 38.7 Å². The van der Waals surface area contributed by atoms with Crippen LogP contribution in [0.2, 0.25) is 0 Å². The number of rotatable bonds is 5. The maximum atomic E-state index is 11.8. The van der Waals surface area contributed by atoms with Crippen LogP contribution >= 0.6 is 0 Å². The van der Waals surface area contributed by atoms with Crippen LogP contribution in [0.15, 0.2) is 30.3 Å². The summed E-state index contributed by atoms with van der Waals surface area (Å²) in [6.07, 6.45) is 0.623. The van der Waals surface area contributed by atoms with Crippen LogP contribution in [0, 0.1) is 5.92 Å². The predicted octanol–water partition coefficient (Wildman–Crippen LogP) is 3.64. The Labute approximate surface area is 133 Å². The molecule has 2 rings (SSSR count). The SMILES string of the molecule is CC(C)C(NC1CC1NC(=O)OC(C)(C)C)c1ccccc1. The Morgan fingerprint density at radius 2 is 1.82 bits per heavy atom. The van der Waals surface area contributed by atoms with Gasteiger partial charge in [0.25, 0.3) is 0 Å². The Kier molecular flexibility index (Phi) is 5.12. The van der Waals surface area contributed by atoms with Gasteiger partial charge in [-0.15, -0.1) is 0 Å². The number of alkyl carbamates (subject to hydrolysis) is 1. The van der Waals surface area contributed by atoms with Crippen LogP contribution in [0.1, 0.15) is 52.6 Å². The molecule has 0 radical (unpaired) electrons. The molecular formula is C18H28N2O2. The molecule has 4 nitrogen and oxygen atoms in total. The lowest BCUT2D eigenvalue weighted by molar-refractivity contribution is 0.0521. The van der Waals surface area contributed by atoms with Crippen LogP contribution in [0.3, 0.4) is 0 Å². The van der Waals surface area contributed by atoms with Gasteiger partial charge in [-0.2, -0.15) is 0 Å². The van der Waals surface area contributed by atoms with Crippen LogP contribution < -0.4 is 10.6 Å². The minimum atomic E-state index is -0.452. The van der Waals surface area contributed by atoms with E-state index in [1.807, 2.05) is 26.8 Å². The van der Waals surface area contributed by atoms with Crippen molar-refractivity contribution in [3.05, 3.63) is 35.9 Å². The number of hydrogen-bond acceptors (Lipinski definition) is 3. The lowest BCUT2D eigenvalue weighted by atomic mass is 9.96. The van der Waals surface area contributed by atoms with Gasteiger partial charge in [0.2, 0.25) is 0 Å². The fourth-order valence-corrected chi connectivity index (χ4v) is 2.56. The second-order valence-electron chi connectivity index (χ2n) is 7.39. The molecule has 0 aromatic heterocycles. The molecule has 0 aliphatic heterocycles. The maximum Gasteiger partial charge on any atom is 0.407 e. The number of benzene rings is 1. The Balaban J connectivity index is 1.86. The van der Waals surface area contributed by atoms with Crippen LogP contribution in [0.4, 0.5) is 4.79 Å². The molecule has 3 unspecified atom stereocenters. The summed E-state index contributed by atoms with van der Waals surface area (Å²) in [5.41, 5.74) is 0.840. The van der Waals surface area contributed by atoms with Crippen molar-refractivity contribution < 1.29 is 9.53 Å². The van der Waals surface area contributed by atoms with Gasteiger partial charge < -0.3 is 15.4 Å². The van der Waals surface area contributed by atoms with Crippen molar-refractivity contribution in [2.45, 2.75) is 64.8 Å². The molecule has 0 spiro atoms. The zero-order chi connectivity index (χ0) is 16.3. The van der Waals surface area contributed by atoms with Crippen molar-refractivity contribution in [1.29, 1.82) is 0 Å². The standard InChI is InChI=1S/C18H28N2O2/c1-12(2)16(13-9-7-6-8-10-13)19-14-11-15(14)20-17(21)22-18(3,4)5/h6-10,12,14-16,19H,11H2,1-5H3,(H,20,21). The monoisotopic (exact) mass is 304 g/mol. The van der Waals surface area contributed by atoms with Crippen LogP contribution in [-0.2, 0) is 4.74 Å². The summed E-state index contributed by atoms with van der Waals surface area (Å²) in [7, 11) is 0. The third-order valence-corrected chi connectivity index (χ3v) is 3.71. The molecule has 1 aliphatic rings. The molecule has 1 saturated carbocycles. The van der Waals surface area contributed by atoms with E-state index in [0.717, 1.165) is 6.42 Å². The van der Waals surface area contributed by atoms with E-state index in [0.29, 0.717) is 18.0 Å². The fraction of sp³-hybridized carbons (Fsp3) is 0.611. The van der Waals surface area contributed by atoms with E-state index >= 15 is 0 Å². The van der Waals surface area contributed by atoms with E-state index < -0.39 is 5.60 Å². The lowest BCUT2D eigenvalue weighted by Gasteiger charge is -2.23. The highest BCUT2D eigenvalue weighted by Gasteiger charge is 2.41. The molecule has 0 saturated heterocycles. The lowest BCUT2D eigenvalue weighted by Crippen LogP contribution is -2.38. The molecule has 1 fully saturated rings. The van der Waals surface area contributed by atoms with Crippen molar-refractivity contribution in [3.8, 4) is 0 Å². The smallest absolute Gasteiger partial charge is 0.407 e. The minimum Gasteiger partial charge on any atom is -0.444 e. The first-order valence-electron chi connectivity index (χ1n) is 8.07. The molecule has 1 aromatic carbocycles. The highest BCUT2D eigenvalue weighted by Crippen LogP contribution is 2.29. The second-order valence-corrected chi connectivity index (χ2v) is 7.39. The van der Waals surface area contributed by atoms with Gasteiger partial charge in [0.1, 0.15) is 5.60 Å². The number of carbonyl (C=O) groups excluding carboxylic acids is 1. The zero-order valence-corrected chi connectivity index (χ0v) is 14.2. The van der Waals surface area contributed by atoms with E-state index in [1.54, 1.807) is 0 Å². The predicted molar refractivity (Wildman–Crippen MR) is 88.7 cm³/mol. The van der Waals surface area contributed by atoms with Gasteiger partial charge in [0, 0.05) is 18.1 Å². The molecule has 22 heavy (non-hydrogen) atoms. The molecule has 122 valence electrons. The highest BCUT2D eigenvalue weighted by molar-refractivity contribution is 5.68. The molecule has 1 aromatic rings. The summed E-state index contributed by atoms with van der Waals surface area (Å²) in [6.45, 7) is 10.0. The van der Waals surface area contributed by atoms with E-state index in [1.165, 1.54) is 5.56 Å². The number of ether oxygens (including phenoxy) is 1. The molecule has 3 atom stereocenters. The average molecular weight is 304 g/mol. The van der Waals surface area contributed by atoms with Crippen molar-refractivity contribution in [1.82, 2.24) is 10.6 Å². The van der Waals surface area contributed by atoms with Crippen molar-refractivity contribution in [3.63, 3.8) is 0 Å². The number of nitrogens with one attached hydrogen (secondary N) is 2. The molecule has 0 bridgehead atoms. The van der Waals surface area contributed by atoms with E-state index in [-0.39, 0.29) is 12.1 Å². The number of hydrogen-bond donors (Lipinski definition) is 2. The van der Waals surface area contributed by atoms with Crippen LogP contribution in [0.25, 0.3) is 0 Å². The summed E-state index contributed by atoms with van der Waals surface area (Å²) in [4.78, 5) is 11.8. The summed E-state index contributed by atoms with van der Waals surface area (Å²) in [6, 6.07) is 11.2. The van der Waals surface area contributed by atoms with E-state index in [9.17, 15) is 4.79 Å². The molecule has 4 heteroatoms. The van der Waals surface area contributed by atoms with Gasteiger partial charge in [-0.3, -0.25) is 0 Å². The molecule has 1 amide bonds. The Morgan fingerprint density at radius 1 is 1.18 bits per heavy atom. The van der Waals surface area contributed by atoms with Crippen LogP contribution in [-0.4, -0.2) is 23.8 Å². The Morgan fingerprint density at radius 3 is 2.36 bits per heavy atom. The van der Waals surface area contributed by atoms with Crippen molar-refractivity contribution in [2.24, 2.45) is 5.92 Å². The zero-order valence-electron chi connectivity index (χ0n) is 14.2. The first-order valence-corrected chi connectivity index (χ1v) is 8.07. The van der Waals surface area contributed by atoms with Gasteiger partial charge in [0.15, 0.2) is 0 Å². The van der Waals surface area contributed by atoms with Gasteiger partial charge in [0.05, 0.1) is 0 Å². The highest BCUT2D eigenvalue weighted by atomic mass is 16.6. The summed E-state index contributed by atoms with van der Waals surface area (Å²) >= 11 is 0. The van der Waals surface area contributed by atoms with Crippen molar-refractivity contribution >= 4 is 6.09 Å². The molecule has 1 aliphatic carbocycles. The minimum absolute atomic E-state index is 0.166. The fourth-order valence-electron chi connectivity index (χ4n) is 2.56. The third kappa shape index (κ3) is 5.02. The molecule has 0 heterocycles. The topological polar surface area (TPSA) is 50.4 Å². The Bertz CT molecular complexity index is 494. The normalized spacial score (nSPS) is 22.3. The average Bonchev–Trinajstić information content (AvgIpc) is 3.12. The first-order chi connectivity index (χ1) is 10.3. The summed E-state index contributed by atoms with van der Waals surface area (Å²) in [5, 5.41) is 6.59. The third-order valence-electron chi connectivity index (χ3n) is 3.71. The van der Waals surface area contributed by atoms with E-state index in [4.69, 9.17) is 4.74 Å². The maximum absolute atomic E-state index is 11.8. The Hall–Kier alpha value is -1.55. The number of carbonyl (C=O) groups is 1. The molecular weight excluding hydrogens is 276 g/mol. The van der Waals surface area contributed by atoms with Gasteiger partial charge in [-0.25, -0.2) is 4.79 Å². The quantitative estimate of drug-likeness (QED) is 0.873. The van der Waals surface area contributed by atoms with Crippen LogP contribution in [0.5, 0.6) is 0 Å². The summed E-state index contributed by atoms with van der Waals surface area (Å²) in [5.74, 6) is 0.491. The van der Waals surface area contributed by atoms with E-state index in [2.05, 4.69) is 48.7 Å². The van der Waals surface area contributed by atoms with Crippen molar-refractivity contribution in [2.75, 3.05) is 0 Å². The number of amides is 1. The largest absolute Gasteiger partial charge is 0.444 e. The second kappa shape index (κ2) is 6.69.